The number of hydrogen-bond donors (Lipinski definition) is 0. The van der Waals surface area contributed by atoms with Crippen molar-refractivity contribution < 1.29 is 23.8 Å². The summed E-state index contributed by atoms with van der Waals surface area (Å²) in [6.07, 6.45) is 6.01. The summed E-state index contributed by atoms with van der Waals surface area (Å²) >= 11 is 0. The van der Waals surface area contributed by atoms with Crippen LogP contribution in [-0.2, 0) is 14.3 Å². The van der Waals surface area contributed by atoms with Gasteiger partial charge in [0.15, 0.2) is 11.5 Å². The van der Waals surface area contributed by atoms with Crippen molar-refractivity contribution in [3.8, 4) is 11.5 Å². The highest BCUT2D eigenvalue weighted by molar-refractivity contribution is 5.92. The summed E-state index contributed by atoms with van der Waals surface area (Å²) in [4.78, 5) is 23.6. The van der Waals surface area contributed by atoms with E-state index >= 15 is 0 Å². The molecule has 1 rings (SSSR count). The van der Waals surface area contributed by atoms with E-state index < -0.39 is 11.9 Å². The van der Waals surface area contributed by atoms with Crippen molar-refractivity contribution in [2.45, 2.75) is 65.6 Å². The lowest BCUT2D eigenvalue weighted by atomic mass is 10.1. The third-order valence-corrected chi connectivity index (χ3v) is 3.31. The Morgan fingerprint density at radius 3 is 2.28 bits per heavy atom. The fourth-order valence-electron chi connectivity index (χ4n) is 2.14. The zero-order chi connectivity index (χ0) is 18.7. The first-order valence-corrected chi connectivity index (χ1v) is 8.78. The van der Waals surface area contributed by atoms with E-state index in [1.807, 2.05) is 20.8 Å². The molecule has 5 heteroatoms. The minimum atomic E-state index is -0.657. The van der Waals surface area contributed by atoms with Crippen molar-refractivity contribution in [2.24, 2.45) is 0 Å². The van der Waals surface area contributed by atoms with Gasteiger partial charge in [-0.15, -0.1) is 0 Å². The molecule has 25 heavy (non-hydrogen) atoms. The highest BCUT2D eigenvalue weighted by Crippen LogP contribution is 2.27. The van der Waals surface area contributed by atoms with Gasteiger partial charge in [0.2, 0.25) is 0 Å². The van der Waals surface area contributed by atoms with E-state index in [4.69, 9.17) is 14.2 Å². The Hall–Kier alpha value is -2.30. The molecule has 0 radical (unpaired) electrons. The summed E-state index contributed by atoms with van der Waals surface area (Å²) in [6.45, 7) is 7.74. The van der Waals surface area contributed by atoms with Gasteiger partial charge in [0.1, 0.15) is 0 Å². The number of ether oxygens (including phenoxy) is 3. The lowest BCUT2D eigenvalue weighted by Gasteiger charge is -2.13. The highest BCUT2D eigenvalue weighted by atomic mass is 16.6. The van der Waals surface area contributed by atoms with Gasteiger partial charge in [-0.25, -0.2) is 9.59 Å². The summed E-state index contributed by atoms with van der Waals surface area (Å²) in [5.74, 6) is -0.415. The molecule has 0 bridgehead atoms. The first kappa shape index (κ1) is 20.7. The van der Waals surface area contributed by atoms with Crippen LogP contribution < -0.4 is 9.47 Å². The van der Waals surface area contributed by atoms with Crippen LogP contribution >= 0.6 is 0 Å². The number of rotatable bonds is 10. The van der Waals surface area contributed by atoms with Crippen LogP contribution in [0.2, 0.25) is 0 Å². The average Bonchev–Trinajstić information content (AvgIpc) is 2.54. The molecule has 1 aromatic carbocycles. The molecule has 0 aliphatic carbocycles. The molecule has 5 nitrogen and oxygen atoms in total. The highest BCUT2D eigenvalue weighted by Gasteiger charge is 2.11. The molecule has 138 valence electrons. The maximum Gasteiger partial charge on any atom is 0.336 e. The van der Waals surface area contributed by atoms with Crippen LogP contribution in [0.3, 0.4) is 0 Å². The van der Waals surface area contributed by atoms with Crippen molar-refractivity contribution in [3.05, 3.63) is 36.4 Å². The Bertz CT molecular complexity index is 577. The van der Waals surface area contributed by atoms with E-state index in [2.05, 4.69) is 6.92 Å². The third kappa shape index (κ3) is 8.94. The van der Waals surface area contributed by atoms with Crippen LogP contribution in [0, 0.1) is 0 Å². The molecule has 0 saturated carbocycles. The molecule has 1 unspecified atom stereocenters. The molecule has 0 fully saturated rings. The number of unbranched alkanes of at least 4 members (excludes halogenated alkanes) is 2. The number of esters is 2. The van der Waals surface area contributed by atoms with Crippen molar-refractivity contribution in [1.82, 2.24) is 0 Å². The van der Waals surface area contributed by atoms with Crippen LogP contribution in [0.5, 0.6) is 11.5 Å². The van der Waals surface area contributed by atoms with Crippen LogP contribution in [0.4, 0.5) is 0 Å². The predicted octanol–water partition coefficient (Wildman–Crippen LogP) is 4.45. The standard InChI is InChI=1S/C20H28O5/c1-5-6-7-10-16(4)24-19(21)13-14-20(22)25-18-12-9-8-11-17(18)23-15(2)3/h8-9,11-16H,5-7,10H2,1-4H3/b14-13+. The van der Waals surface area contributed by atoms with E-state index in [0.717, 1.165) is 37.8 Å². The molecule has 0 aliphatic heterocycles. The molecule has 0 N–H and O–H groups in total. The molecule has 1 aromatic rings. The minimum Gasteiger partial charge on any atom is -0.487 e. The molecule has 0 aromatic heterocycles. The maximum atomic E-state index is 11.9. The van der Waals surface area contributed by atoms with Gasteiger partial charge in [-0.3, -0.25) is 0 Å². The van der Waals surface area contributed by atoms with E-state index in [1.165, 1.54) is 0 Å². The number of carbonyl (C=O) groups is 2. The van der Waals surface area contributed by atoms with Gasteiger partial charge in [-0.05, 0) is 45.7 Å². The second-order valence-corrected chi connectivity index (χ2v) is 6.11. The third-order valence-electron chi connectivity index (χ3n) is 3.31. The SMILES string of the molecule is CCCCCC(C)OC(=O)/C=C/C(=O)Oc1ccccc1OC(C)C. The smallest absolute Gasteiger partial charge is 0.336 e. The topological polar surface area (TPSA) is 61.8 Å². The second kappa shape index (κ2) is 11.3. The first-order chi connectivity index (χ1) is 11.9. The Kier molecular flexibility index (Phi) is 9.37. The van der Waals surface area contributed by atoms with Crippen molar-refractivity contribution in [1.29, 1.82) is 0 Å². The fourth-order valence-corrected chi connectivity index (χ4v) is 2.14. The van der Waals surface area contributed by atoms with E-state index in [0.29, 0.717) is 11.5 Å². The molecule has 1 atom stereocenters. The Labute approximate surface area is 150 Å². The number of hydrogen-bond acceptors (Lipinski definition) is 5. The van der Waals surface area contributed by atoms with Crippen LogP contribution in [-0.4, -0.2) is 24.1 Å². The van der Waals surface area contributed by atoms with Gasteiger partial charge in [0, 0.05) is 12.2 Å². The van der Waals surface area contributed by atoms with Crippen molar-refractivity contribution in [3.63, 3.8) is 0 Å². The molecule has 0 saturated heterocycles. The van der Waals surface area contributed by atoms with Crippen LogP contribution in [0.1, 0.15) is 53.4 Å². The maximum absolute atomic E-state index is 11.9. The largest absolute Gasteiger partial charge is 0.487 e. The summed E-state index contributed by atoms with van der Waals surface area (Å²) in [5.41, 5.74) is 0. The Morgan fingerprint density at radius 2 is 1.64 bits per heavy atom. The number of para-hydroxylation sites is 2. The Morgan fingerprint density at radius 1 is 1.00 bits per heavy atom. The van der Waals surface area contributed by atoms with Gasteiger partial charge >= 0.3 is 11.9 Å². The summed E-state index contributed by atoms with van der Waals surface area (Å²) in [7, 11) is 0. The zero-order valence-electron chi connectivity index (χ0n) is 15.5. The van der Waals surface area contributed by atoms with Crippen molar-refractivity contribution in [2.75, 3.05) is 0 Å². The predicted molar refractivity (Wildman–Crippen MR) is 96.7 cm³/mol. The fraction of sp³-hybridized carbons (Fsp3) is 0.500. The zero-order valence-corrected chi connectivity index (χ0v) is 15.5. The molecular weight excluding hydrogens is 320 g/mol. The van der Waals surface area contributed by atoms with Gasteiger partial charge in [0.25, 0.3) is 0 Å². The summed E-state index contributed by atoms with van der Waals surface area (Å²) in [5, 5.41) is 0. The monoisotopic (exact) mass is 348 g/mol. The number of benzene rings is 1. The average molecular weight is 348 g/mol. The van der Waals surface area contributed by atoms with Gasteiger partial charge in [-0.1, -0.05) is 31.9 Å². The minimum absolute atomic E-state index is 0.0421. The molecule has 0 amide bonds. The first-order valence-electron chi connectivity index (χ1n) is 8.78. The summed E-state index contributed by atoms with van der Waals surface area (Å²) in [6, 6.07) is 6.89. The van der Waals surface area contributed by atoms with Gasteiger partial charge in [0.05, 0.1) is 12.2 Å². The second-order valence-electron chi connectivity index (χ2n) is 6.11. The summed E-state index contributed by atoms with van der Waals surface area (Å²) < 4.78 is 16.0. The van der Waals surface area contributed by atoms with Crippen molar-refractivity contribution >= 4 is 11.9 Å². The lowest BCUT2D eigenvalue weighted by molar-refractivity contribution is -0.143. The van der Waals surface area contributed by atoms with Crippen LogP contribution in [0.25, 0.3) is 0 Å². The molecule has 0 spiro atoms. The van der Waals surface area contributed by atoms with E-state index in [1.54, 1.807) is 24.3 Å². The molecular formula is C20H28O5. The van der Waals surface area contributed by atoms with Gasteiger partial charge in [-0.2, -0.15) is 0 Å². The Balaban J connectivity index is 2.51. The quantitative estimate of drug-likeness (QED) is 0.271. The van der Waals surface area contributed by atoms with E-state index in [-0.39, 0.29) is 12.2 Å². The molecule has 0 heterocycles. The number of carbonyl (C=O) groups excluding carboxylic acids is 2. The normalized spacial score (nSPS) is 12.2. The van der Waals surface area contributed by atoms with Gasteiger partial charge < -0.3 is 14.2 Å². The van der Waals surface area contributed by atoms with E-state index in [9.17, 15) is 9.59 Å². The van der Waals surface area contributed by atoms with Crippen LogP contribution in [0.15, 0.2) is 36.4 Å². The molecule has 0 aliphatic rings. The lowest BCUT2D eigenvalue weighted by Crippen LogP contribution is -2.14.